The van der Waals surface area contributed by atoms with Crippen LogP contribution in [-0.2, 0) is 13.0 Å². The van der Waals surface area contributed by atoms with Crippen molar-refractivity contribution in [1.29, 1.82) is 0 Å². The molecule has 7 nitrogen and oxygen atoms in total. The zero-order chi connectivity index (χ0) is 21.3. The number of hydrogen-bond acceptors (Lipinski definition) is 5. The van der Waals surface area contributed by atoms with Gasteiger partial charge in [-0.15, -0.1) is 11.3 Å². The van der Waals surface area contributed by atoms with Gasteiger partial charge in [0.15, 0.2) is 0 Å². The smallest absolute Gasteiger partial charge is 0.273 e. The van der Waals surface area contributed by atoms with Crippen molar-refractivity contribution in [3.8, 4) is 0 Å². The lowest BCUT2D eigenvalue weighted by Crippen LogP contribution is -2.35. The molecule has 0 saturated carbocycles. The lowest BCUT2D eigenvalue weighted by atomic mass is 9.98. The van der Waals surface area contributed by atoms with Gasteiger partial charge >= 0.3 is 0 Å². The largest absolute Gasteiger partial charge is 0.333 e. The van der Waals surface area contributed by atoms with E-state index in [9.17, 15) is 19.7 Å². The quantitative estimate of drug-likeness (QED) is 0.499. The lowest BCUT2D eigenvalue weighted by Gasteiger charge is -2.29. The third-order valence-corrected chi connectivity index (χ3v) is 6.10. The molecular weight excluding hydrogens is 402 g/mol. The van der Waals surface area contributed by atoms with E-state index < -0.39 is 10.8 Å². The number of nitrogens with one attached hydrogen (secondary N) is 1. The Morgan fingerprint density at radius 3 is 2.70 bits per heavy atom. The first-order chi connectivity index (χ1) is 14.4. The number of nitrogens with zero attached hydrogens (tertiary/aromatic N) is 2. The van der Waals surface area contributed by atoms with E-state index in [0.717, 1.165) is 17.5 Å². The molecule has 152 valence electrons. The van der Waals surface area contributed by atoms with Crippen LogP contribution in [0.5, 0.6) is 0 Å². The van der Waals surface area contributed by atoms with Crippen LogP contribution in [0, 0.1) is 17.0 Å². The Morgan fingerprint density at radius 1 is 1.13 bits per heavy atom. The molecule has 0 atom stereocenters. The van der Waals surface area contributed by atoms with Gasteiger partial charge in [-0.05, 0) is 54.1 Å². The van der Waals surface area contributed by atoms with Crippen LogP contribution >= 0.6 is 11.3 Å². The van der Waals surface area contributed by atoms with E-state index >= 15 is 0 Å². The number of fused-ring (bicyclic) bond motifs is 1. The summed E-state index contributed by atoms with van der Waals surface area (Å²) in [5.74, 6) is -0.393. The van der Waals surface area contributed by atoms with E-state index in [2.05, 4.69) is 5.32 Å². The third-order valence-electron chi connectivity index (χ3n) is 5.24. The summed E-state index contributed by atoms with van der Waals surface area (Å²) in [6.07, 6.45) is 0.755. The molecule has 0 saturated heterocycles. The Morgan fingerprint density at radius 2 is 1.97 bits per heavy atom. The van der Waals surface area contributed by atoms with Crippen molar-refractivity contribution in [1.82, 2.24) is 4.90 Å². The van der Waals surface area contributed by atoms with Crippen LogP contribution in [0.4, 0.5) is 11.4 Å². The number of thiophene rings is 1. The summed E-state index contributed by atoms with van der Waals surface area (Å²) in [7, 11) is 0. The van der Waals surface area contributed by atoms with E-state index in [1.54, 1.807) is 13.0 Å². The van der Waals surface area contributed by atoms with E-state index in [1.807, 2.05) is 40.6 Å². The third kappa shape index (κ3) is 3.81. The second-order valence-electron chi connectivity index (χ2n) is 7.10. The number of hydrogen-bond donors (Lipinski definition) is 1. The van der Waals surface area contributed by atoms with Crippen molar-refractivity contribution in [2.45, 2.75) is 19.9 Å². The predicted molar refractivity (Wildman–Crippen MR) is 115 cm³/mol. The number of amides is 2. The molecule has 3 aromatic rings. The molecule has 1 aliphatic rings. The second-order valence-corrected chi connectivity index (χ2v) is 8.05. The second kappa shape index (κ2) is 8.08. The van der Waals surface area contributed by atoms with Crippen LogP contribution < -0.4 is 5.32 Å². The number of nitro benzene ring substituents is 1. The minimum atomic E-state index is -0.496. The van der Waals surface area contributed by atoms with Crippen molar-refractivity contribution in [3.63, 3.8) is 0 Å². The summed E-state index contributed by atoms with van der Waals surface area (Å²) >= 11 is 1.42. The molecule has 2 amide bonds. The van der Waals surface area contributed by atoms with Crippen molar-refractivity contribution in [3.05, 3.63) is 91.2 Å². The zero-order valence-corrected chi connectivity index (χ0v) is 17.1. The summed E-state index contributed by atoms with van der Waals surface area (Å²) in [5.41, 5.74) is 3.22. The highest BCUT2D eigenvalue weighted by atomic mass is 32.1. The van der Waals surface area contributed by atoms with Gasteiger partial charge < -0.3 is 10.2 Å². The van der Waals surface area contributed by atoms with Crippen LogP contribution in [0.2, 0.25) is 0 Å². The molecule has 8 heteroatoms. The van der Waals surface area contributed by atoms with Crippen LogP contribution in [0.25, 0.3) is 0 Å². The monoisotopic (exact) mass is 421 g/mol. The molecule has 1 aromatic heterocycles. The van der Waals surface area contributed by atoms with Gasteiger partial charge in [0.1, 0.15) is 0 Å². The van der Waals surface area contributed by atoms with E-state index in [1.165, 1.54) is 23.5 Å². The first-order valence-electron chi connectivity index (χ1n) is 9.44. The normalized spacial score (nSPS) is 12.9. The predicted octanol–water partition coefficient (Wildman–Crippen LogP) is 4.42. The number of nitro groups is 1. The number of carbonyl (C=O) groups excluding carboxylic acids is 2. The number of anilines is 1. The fraction of sp³-hybridized carbons (Fsp3) is 0.182. The van der Waals surface area contributed by atoms with Crippen molar-refractivity contribution < 1.29 is 14.5 Å². The summed E-state index contributed by atoms with van der Waals surface area (Å²) < 4.78 is 0. The Labute approximate surface area is 177 Å². The molecule has 30 heavy (non-hydrogen) atoms. The zero-order valence-electron chi connectivity index (χ0n) is 16.3. The molecule has 1 aliphatic heterocycles. The SMILES string of the molecule is Cc1c(C(=O)Nc2ccc3c(c2)CN(C(=O)c2cccs2)CC3)cccc1[N+](=O)[O-]. The Kier molecular flexibility index (Phi) is 5.33. The average molecular weight is 421 g/mol. The molecule has 0 fully saturated rings. The molecule has 2 aromatic carbocycles. The first kappa shape index (κ1) is 19.8. The maximum atomic E-state index is 12.7. The van der Waals surface area contributed by atoms with Crippen LogP contribution in [0.3, 0.4) is 0 Å². The highest BCUT2D eigenvalue weighted by Gasteiger charge is 2.23. The molecular formula is C22H19N3O4S. The average Bonchev–Trinajstić information content (AvgIpc) is 3.27. The van der Waals surface area contributed by atoms with Gasteiger partial charge in [0.2, 0.25) is 0 Å². The molecule has 1 N–H and O–H groups in total. The lowest BCUT2D eigenvalue weighted by molar-refractivity contribution is -0.385. The maximum absolute atomic E-state index is 12.7. The number of benzene rings is 2. The molecule has 4 rings (SSSR count). The highest BCUT2D eigenvalue weighted by Crippen LogP contribution is 2.26. The highest BCUT2D eigenvalue weighted by molar-refractivity contribution is 7.12. The van der Waals surface area contributed by atoms with E-state index in [0.29, 0.717) is 29.2 Å². The molecule has 0 radical (unpaired) electrons. The molecule has 0 spiro atoms. The van der Waals surface area contributed by atoms with Gasteiger partial charge in [-0.25, -0.2) is 0 Å². The minimum absolute atomic E-state index is 0.0114. The summed E-state index contributed by atoms with van der Waals surface area (Å²) in [5, 5.41) is 15.8. The van der Waals surface area contributed by atoms with Gasteiger partial charge in [-0.3, -0.25) is 19.7 Å². The van der Waals surface area contributed by atoms with Crippen LogP contribution in [0.15, 0.2) is 53.9 Å². The fourth-order valence-corrected chi connectivity index (χ4v) is 4.32. The molecule has 0 unspecified atom stereocenters. The topological polar surface area (TPSA) is 92.6 Å². The van der Waals surface area contributed by atoms with E-state index in [4.69, 9.17) is 0 Å². The summed E-state index contributed by atoms with van der Waals surface area (Å²) in [4.78, 5) is 38.5. The maximum Gasteiger partial charge on any atom is 0.273 e. The minimum Gasteiger partial charge on any atom is -0.333 e. The number of rotatable bonds is 4. The first-order valence-corrected chi connectivity index (χ1v) is 10.3. The van der Waals surface area contributed by atoms with Gasteiger partial charge in [-0.2, -0.15) is 0 Å². The van der Waals surface area contributed by atoms with Crippen LogP contribution in [0.1, 0.15) is 36.7 Å². The Balaban J connectivity index is 1.53. The fourth-order valence-electron chi connectivity index (χ4n) is 3.63. The number of carbonyl (C=O) groups is 2. The molecule has 0 aliphatic carbocycles. The Hall–Kier alpha value is -3.52. The van der Waals surface area contributed by atoms with Gasteiger partial charge in [0, 0.05) is 36.0 Å². The van der Waals surface area contributed by atoms with Gasteiger partial charge in [0.05, 0.1) is 9.80 Å². The van der Waals surface area contributed by atoms with Crippen LogP contribution in [-0.4, -0.2) is 28.2 Å². The van der Waals surface area contributed by atoms with Crippen molar-refractivity contribution in [2.75, 3.05) is 11.9 Å². The summed E-state index contributed by atoms with van der Waals surface area (Å²) in [6, 6.07) is 13.8. The summed E-state index contributed by atoms with van der Waals surface area (Å²) in [6.45, 7) is 2.70. The molecule has 0 bridgehead atoms. The van der Waals surface area contributed by atoms with Gasteiger partial charge in [-0.1, -0.05) is 18.2 Å². The van der Waals surface area contributed by atoms with Crippen molar-refractivity contribution >= 4 is 34.5 Å². The van der Waals surface area contributed by atoms with E-state index in [-0.39, 0.29) is 17.2 Å². The molecule has 2 heterocycles. The Bertz CT molecular complexity index is 1140. The van der Waals surface area contributed by atoms with Gasteiger partial charge in [0.25, 0.3) is 17.5 Å². The van der Waals surface area contributed by atoms with Crippen molar-refractivity contribution in [2.24, 2.45) is 0 Å². The standard InChI is InChI=1S/C22H19N3O4S/c1-14-18(4-2-5-19(14)25(28)29)21(26)23-17-8-7-15-9-10-24(13-16(15)12-17)22(27)20-6-3-11-30-20/h2-8,11-12H,9-10,13H2,1H3,(H,23,26).